The van der Waals surface area contributed by atoms with Crippen molar-refractivity contribution in [3.8, 4) is 11.5 Å². The molecule has 4 rings (SSSR count). The summed E-state index contributed by atoms with van der Waals surface area (Å²) in [6.07, 6.45) is 3.26. The first-order chi connectivity index (χ1) is 17.1. The van der Waals surface area contributed by atoms with E-state index in [0.29, 0.717) is 12.6 Å². The number of anilines is 1. The van der Waals surface area contributed by atoms with Crippen LogP contribution in [0.1, 0.15) is 57.2 Å². The van der Waals surface area contributed by atoms with Crippen molar-refractivity contribution in [1.82, 2.24) is 9.88 Å². The van der Waals surface area contributed by atoms with Crippen molar-refractivity contribution in [2.24, 2.45) is 0 Å². The van der Waals surface area contributed by atoms with E-state index in [0.717, 1.165) is 48.2 Å². The second kappa shape index (κ2) is 12.5. The Morgan fingerprint density at radius 2 is 1.81 bits per heavy atom. The van der Waals surface area contributed by atoms with Gasteiger partial charge in [-0.1, -0.05) is 0 Å². The number of halogens is 3. The van der Waals surface area contributed by atoms with Crippen LogP contribution in [0.15, 0.2) is 12.1 Å². The Kier molecular flexibility index (Phi) is 9.64. The summed E-state index contributed by atoms with van der Waals surface area (Å²) >= 11 is 0. The summed E-state index contributed by atoms with van der Waals surface area (Å²) in [5.41, 5.74) is 4.87. The maximum atomic E-state index is 10.6. The molecule has 2 heterocycles. The number of nitrogens with one attached hydrogen (secondary N) is 1. The molecule has 0 unspecified atom stereocenters. The van der Waals surface area contributed by atoms with E-state index in [1.165, 1.54) is 55.7 Å². The summed E-state index contributed by atoms with van der Waals surface area (Å²) in [4.78, 5) is 16.4. The summed E-state index contributed by atoms with van der Waals surface area (Å²) in [7, 11) is 1.72. The number of ether oxygens (including phenoxy) is 2. The van der Waals surface area contributed by atoms with Crippen molar-refractivity contribution in [3.63, 3.8) is 0 Å². The lowest BCUT2D eigenvalue weighted by Gasteiger charge is -2.24. The zero-order valence-corrected chi connectivity index (χ0v) is 21.2. The summed E-state index contributed by atoms with van der Waals surface area (Å²) < 4.78 is 43.6. The van der Waals surface area contributed by atoms with Crippen molar-refractivity contribution in [1.29, 1.82) is 0 Å². The summed E-state index contributed by atoms with van der Waals surface area (Å²) in [6.45, 7) is 8.68. The standard InChI is InChI=1S/C24H35N3O2.C2HF3O2/c1-17(2)25-24-18-9-4-5-10-20(18)26-21-16-23(22(28-3)15-19(21)24)29-14-8-13-27-11-6-7-12-27;3-2(4,5)1(6)7/h15-17H,4-14H2,1-3H3,(H,25,26);(H,6,7). The molecule has 0 bridgehead atoms. The van der Waals surface area contributed by atoms with Crippen molar-refractivity contribution in [3.05, 3.63) is 23.4 Å². The number of carboxylic acid groups (broad SMARTS) is 1. The van der Waals surface area contributed by atoms with Crippen LogP contribution in [0.25, 0.3) is 10.9 Å². The maximum absolute atomic E-state index is 10.6. The average Bonchev–Trinajstić information content (AvgIpc) is 3.34. The molecular formula is C26H36F3N3O4. The fourth-order valence-corrected chi connectivity index (χ4v) is 4.63. The van der Waals surface area contributed by atoms with Gasteiger partial charge in [0.25, 0.3) is 0 Å². The first-order valence-electron chi connectivity index (χ1n) is 12.6. The number of pyridine rings is 1. The molecule has 200 valence electrons. The molecule has 1 aliphatic heterocycles. The van der Waals surface area contributed by atoms with Crippen LogP contribution in [0.5, 0.6) is 11.5 Å². The minimum Gasteiger partial charge on any atom is -0.493 e. The minimum absolute atomic E-state index is 0.374. The molecule has 1 aromatic carbocycles. The molecule has 1 aliphatic carbocycles. The third-order valence-corrected chi connectivity index (χ3v) is 6.30. The molecule has 1 fully saturated rings. The molecule has 1 aromatic heterocycles. The average molecular weight is 512 g/mol. The molecule has 2 N–H and O–H groups in total. The highest BCUT2D eigenvalue weighted by molar-refractivity contribution is 5.96. The van der Waals surface area contributed by atoms with E-state index in [1.54, 1.807) is 7.11 Å². The molecular weight excluding hydrogens is 475 g/mol. The first kappa shape index (κ1) is 27.8. The molecule has 0 atom stereocenters. The number of aryl methyl sites for hydroxylation is 1. The molecule has 7 nitrogen and oxygen atoms in total. The number of nitrogens with zero attached hydrogens (tertiary/aromatic N) is 2. The predicted molar refractivity (Wildman–Crippen MR) is 133 cm³/mol. The van der Waals surface area contributed by atoms with E-state index in [4.69, 9.17) is 24.4 Å². The number of alkyl halides is 3. The normalized spacial score (nSPS) is 15.9. The number of carbonyl (C=O) groups is 1. The monoisotopic (exact) mass is 511 g/mol. The lowest BCUT2D eigenvalue weighted by atomic mass is 9.92. The van der Waals surface area contributed by atoms with Gasteiger partial charge in [0.05, 0.1) is 19.2 Å². The Balaban J connectivity index is 0.000000454. The molecule has 0 saturated carbocycles. The SMILES string of the molecule is COc1cc2c(NC(C)C)c3c(nc2cc1OCCCN1CCCC1)CCCC3.O=C(O)C(F)(F)F. The highest BCUT2D eigenvalue weighted by Gasteiger charge is 2.38. The van der Waals surface area contributed by atoms with E-state index in [-0.39, 0.29) is 0 Å². The Labute approximate surface area is 210 Å². The summed E-state index contributed by atoms with van der Waals surface area (Å²) in [5, 5.41) is 12.0. The number of aliphatic carboxylic acids is 1. The summed E-state index contributed by atoms with van der Waals surface area (Å²) in [6, 6.07) is 4.56. The number of benzene rings is 1. The number of fused-ring (bicyclic) bond motifs is 2. The Bertz CT molecular complexity index is 1040. The number of carboxylic acids is 1. The molecule has 0 amide bonds. The zero-order valence-electron chi connectivity index (χ0n) is 21.2. The topological polar surface area (TPSA) is 83.9 Å². The number of aromatic nitrogens is 1. The largest absolute Gasteiger partial charge is 0.493 e. The first-order valence-corrected chi connectivity index (χ1v) is 12.6. The van der Waals surface area contributed by atoms with Crippen LogP contribution in [-0.2, 0) is 17.6 Å². The van der Waals surface area contributed by atoms with Gasteiger partial charge in [-0.25, -0.2) is 4.79 Å². The maximum Gasteiger partial charge on any atom is 0.490 e. The molecule has 0 radical (unpaired) electrons. The van der Waals surface area contributed by atoms with E-state index >= 15 is 0 Å². The lowest BCUT2D eigenvalue weighted by molar-refractivity contribution is -0.192. The third-order valence-electron chi connectivity index (χ3n) is 6.30. The van der Waals surface area contributed by atoms with Gasteiger partial charge in [0.15, 0.2) is 11.5 Å². The van der Waals surface area contributed by atoms with Gasteiger partial charge in [0.2, 0.25) is 0 Å². The third kappa shape index (κ3) is 7.38. The van der Waals surface area contributed by atoms with Crippen LogP contribution in [0.2, 0.25) is 0 Å². The van der Waals surface area contributed by atoms with Crippen LogP contribution in [0.4, 0.5) is 18.9 Å². The van der Waals surface area contributed by atoms with E-state index in [2.05, 4.69) is 36.2 Å². The highest BCUT2D eigenvalue weighted by Crippen LogP contribution is 2.39. The predicted octanol–water partition coefficient (Wildman–Crippen LogP) is 5.44. The van der Waals surface area contributed by atoms with Gasteiger partial charge in [0.1, 0.15) is 0 Å². The molecule has 36 heavy (non-hydrogen) atoms. The number of hydrogen-bond acceptors (Lipinski definition) is 6. The van der Waals surface area contributed by atoms with Crippen molar-refractivity contribution in [2.45, 2.75) is 71.0 Å². The van der Waals surface area contributed by atoms with Gasteiger partial charge in [-0.05, 0) is 83.5 Å². The Hall–Kier alpha value is -2.75. The van der Waals surface area contributed by atoms with E-state index in [1.807, 2.05) is 0 Å². The molecule has 2 aromatic rings. The molecule has 10 heteroatoms. The molecule has 1 saturated heterocycles. The smallest absolute Gasteiger partial charge is 0.490 e. The Morgan fingerprint density at radius 1 is 1.14 bits per heavy atom. The Morgan fingerprint density at radius 3 is 2.42 bits per heavy atom. The molecule has 0 spiro atoms. The van der Waals surface area contributed by atoms with Crippen LogP contribution < -0.4 is 14.8 Å². The second-order valence-corrected chi connectivity index (χ2v) is 9.49. The minimum atomic E-state index is -5.08. The summed E-state index contributed by atoms with van der Waals surface area (Å²) in [5.74, 6) is -1.16. The molecule has 2 aliphatic rings. The van der Waals surface area contributed by atoms with Gasteiger partial charge < -0.3 is 24.8 Å². The van der Waals surface area contributed by atoms with Gasteiger partial charge in [-0.3, -0.25) is 4.98 Å². The second-order valence-electron chi connectivity index (χ2n) is 9.49. The number of rotatable bonds is 8. The lowest BCUT2D eigenvalue weighted by Crippen LogP contribution is -2.22. The van der Waals surface area contributed by atoms with Gasteiger partial charge in [0, 0.05) is 35.4 Å². The van der Waals surface area contributed by atoms with Crippen LogP contribution in [0.3, 0.4) is 0 Å². The van der Waals surface area contributed by atoms with Crippen LogP contribution in [-0.4, -0.2) is 66.5 Å². The fraction of sp³-hybridized carbons (Fsp3) is 0.615. The van der Waals surface area contributed by atoms with Crippen LogP contribution in [0, 0.1) is 0 Å². The van der Waals surface area contributed by atoms with Gasteiger partial charge >= 0.3 is 12.1 Å². The van der Waals surface area contributed by atoms with E-state index < -0.39 is 12.1 Å². The van der Waals surface area contributed by atoms with Crippen LogP contribution >= 0.6 is 0 Å². The quantitative estimate of drug-likeness (QED) is 0.457. The number of hydrogen-bond donors (Lipinski definition) is 2. The fourth-order valence-electron chi connectivity index (χ4n) is 4.63. The van der Waals surface area contributed by atoms with Gasteiger partial charge in [-0.15, -0.1) is 0 Å². The highest BCUT2D eigenvalue weighted by atomic mass is 19.4. The van der Waals surface area contributed by atoms with Crippen molar-refractivity contribution < 1.29 is 32.5 Å². The van der Waals surface area contributed by atoms with Crippen molar-refractivity contribution >= 4 is 22.6 Å². The number of methoxy groups -OCH3 is 1. The number of likely N-dealkylation sites (tertiary alicyclic amines) is 1. The zero-order chi connectivity index (χ0) is 26.3. The van der Waals surface area contributed by atoms with E-state index in [9.17, 15) is 13.2 Å². The van der Waals surface area contributed by atoms with Gasteiger partial charge in [-0.2, -0.15) is 13.2 Å². The van der Waals surface area contributed by atoms with Crippen molar-refractivity contribution in [2.75, 3.05) is 38.7 Å².